The van der Waals surface area contributed by atoms with Crippen LogP contribution >= 0.6 is 27.3 Å². The van der Waals surface area contributed by atoms with Crippen molar-refractivity contribution < 1.29 is 9.59 Å². The van der Waals surface area contributed by atoms with Gasteiger partial charge in [0, 0.05) is 22.8 Å². The van der Waals surface area contributed by atoms with E-state index in [2.05, 4.69) is 26.2 Å². The second kappa shape index (κ2) is 9.34. The lowest BCUT2D eigenvalue weighted by Gasteiger charge is -2.25. The summed E-state index contributed by atoms with van der Waals surface area (Å²) >= 11 is 4.66. The number of amides is 2. The Hall–Kier alpha value is -4.08. The van der Waals surface area contributed by atoms with E-state index in [-0.39, 0.29) is 17.4 Å². The average molecular weight is 585 g/mol. The molecule has 1 aromatic heterocycles. The Morgan fingerprint density at radius 1 is 1.00 bits per heavy atom. The minimum atomic E-state index is -0.707. The van der Waals surface area contributed by atoms with E-state index in [1.807, 2.05) is 66.7 Å². The molecule has 188 valence electrons. The van der Waals surface area contributed by atoms with Crippen molar-refractivity contribution in [3.8, 4) is 0 Å². The number of nitrogens with one attached hydrogen (secondary N) is 1. The van der Waals surface area contributed by atoms with Gasteiger partial charge in [-0.3, -0.25) is 19.0 Å². The molecule has 0 saturated carbocycles. The quantitative estimate of drug-likeness (QED) is 0.395. The fourth-order valence-electron chi connectivity index (χ4n) is 4.95. The fraction of sp³-hybridized carbons (Fsp3) is 0.103. The monoisotopic (exact) mass is 584 g/mol. The van der Waals surface area contributed by atoms with Gasteiger partial charge in [-0.1, -0.05) is 75.8 Å². The molecule has 3 aromatic carbocycles. The minimum Gasteiger partial charge on any atom is -0.322 e. The van der Waals surface area contributed by atoms with E-state index in [4.69, 9.17) is 0 Å². The van der Waals surface area contributed by atoms with Crippen molar-refractivity contribution in [3.63, 3.8) is 0 Å². The Morgan fingerprint density at radius 2 is 1.68 bits per heavy atom. The van der Waals surface area contributed by atoms with Gasteiger partial charge in [0.15, 0.2) is 4.80 Å². The van der Waals surface area contributed by atoms with E-state index in [9.17, 15) is 14.4 Å². The number of hydrogen-bond donors (Lipinski definition) is 1. The van der Waals surface area contributed by atoms with Gasteiger partial charge in [0.2, 0.25) is 0 Å². The van der Waals surface area contributed by atoms with Gasteiger partial charge in [0.05, 0.1) is 28.6 Å². The molecule has 3 heterocycles. The minimum absolute atomic E-state index is 0.252. The van der Waals surface area contributed by atoms with Crippen LogP contribution in [0.4, 0.5) is 11.4 Å². The summed E-state index contributed by atoms with van der Waals surface area (Å²) in [5, 5.41) is 2.95. The van der Waals surface area contributed by atoms with Gasteiger partial charge in [-0.05, 0) is 42.8 Å². The van der Waals surface area contributed by atoms with E-state index in [1.165, 1.54) is 11.3 Å². The number of allylic oxidation sites excluding steroid dienone is 1. The molecule has 0 fully saturated rings. The highest BCUT2D eigenvalue weighted by molar-refractivity contribution is 9.10. The first-order valence-corrected chi connectivity index (χ1v) is 13.5. The molecular weight excluding hydrogens is 564 g/mol. The van der Waals surface area contributed by atoms with Gasteiger partial charge < -0.3 is 10.2 Å². The zero-order chi connectivity index (χ0) is 26.6. The lowest BCUT2D eigenvalue weighted by Crippen LogP contribution is -2.41. The molecule has 0 spiro atoms. The Kier molecular flexibility index (Phi) is 5.97. The molecule has 1 N–H and O–H groups in total. The van der Waals surface area contributed by atoms with Gasteiger partial charge in [0.1, 0.15) is 4.53 Å². The van der Waals surface area contributed by atoms with Crippen LogP contribution in [0.25, 0.3) is 5.57 Å². The van der Waals surface area contributed by atoms with Crippen molar-refractivity contribution in [2.24, 2.45) is 4.99 Å². The highest BCUT2D eigenvalue weighted by Gasteiger charge is 2.36. The maximum atomic E-state index is 14.1. The molecule has 6 rings (SSSR count). The summed E-state index contributed by atoms with van der Waals surface area (Å²) in [6.45, 7) is 1.78. The summed E-state index contributed by atoms with van der Waals surface area (Å²) < 4.78 is 2.65. The molecule has 0 unspecified atom stereocenters. The fourth-order valence-corrected chi connectivity index (χ4v) is 6.44. The lowest BCUT2D eigenvalue weighted by molar-refractivity contribution is -0.113. The third-order valence-corrected chi connectivity index (χ3v) is 8.27. The number of hydrogen-bond acceptors (Lipinski definition) is 5. The molecule has 0 radical (unpaired) electrons. The molecule has 9 heteroatoms. The van der Waals surface area contributed by atoms with Gasteiger partial charge in [-0.2, -0.15) is 0 Å². The van der Waals surface area contributed by atoms with Crippen LogP contribution in [0.3, 0.4) is 0 Å². The predicted octanol–water partition coefficient (Wildman–Crippen LogP) is 3.98. The van der Waals surface area contributed by atoms with Gasteiger partial charge in [-0.15, -0.1) is 0 Å². The lowest BCUT2D eigenvalue weighted by atomic mass is 9.95. The molecule has 2 aliphatic rings. The topological polar surface area (TPSA) is 83.8 Å². The molecule has 4 aromatic rings. The summed E-state index contributed by atoms with van der Waals surface area (Å²) in [5.41, 5.74) is 3.72. The number of carbonyl (C=O) groups is 2. The molecule has 1 atom stereocenters. The number of nitrogens with zero attached hydrogens (tertiary/aromatic N) is 3. The van der Waals surface area contributed by atoms with Crippen molar-refractivity contribution in [3.05, 3.63) is 125 Å². The van der Waals surface area contributed by atoms with E-state index >= 15 is 0 Å². The normalized spacial score (nSPS) is 17.7. The summed E-state index contributed by atoms with van der Waals surface area (Å²) in [7, 11) is 1.70. The van der Waals surface area contributed by atoms with Crippen molar-refractivity contribution >= 4 is 56.0 Å². The Morgan fingerprint density at radius 3 is 2.39 bits per heavy atom. The van der Waals surface area contributed by atoms with Crippen LogP contribution in [0, 0.1) is 0 Å². The van der Waals surface area contributed by atoms with Crippen molar-refractivity contribution in [2.75, 3.05) is 17.3 Å². The second-order valence-electron chi connectivity index (χ2n) is 9.03. The molecule has 38 heavy (non-hydrogen) atoms. The second-order valence-corrected chi connectivity index (χ2v) is 10.9. The van der Waals surface area contributed by atoms with Crippen molar-refractivity contribution in [2.45, 2.75) is 13.0 Å². The van der Waals surface area contributed by atoms with Gasteiger partial charge in [-0.25, -0.2) is 4.99 Å². The molecule has 0 bridgehead atoms. The zero-order valence-electron chi connectivity index (χ0n) is 20.4. The number of carbonyl (C=O) groups excluding carboxylic acids is 2. The molecule has 0 saturated heterocycles. The smallest absolute Gasteiger partial charge is 0.271 e. The van der Waals surface area contributed by atoms with Gasteiger partial charge >= 0.3 is 0 Å². The Bertz CT molecular complexity index is 1840. The maximum absolute atomic E-state index is 14.1. The zero-order valence-corrected chi connectivity index (χ0v) is 22.8. The van der Waals surface area contributed by atoms with Crippen LogP contribution in [-0.4, -0.2) is 23.4 Å². The number of aromatic nitrogens is 1. The van der Waals surface area contributed by atoms with Crippen molar-refractivity contribution in [1.82, 2.24) is 4.57 Å². The summed E-state index contributed by atoms with van der Waals surface area (Å²) in [4.78, 5) is 47.8. The average Bonchev–Trinajstić information content (AvgIpc) is 3.35. The highest BCUT2D eigenvalue weighted by atomic mass is 79.9. The van der Waals surface area contributed by atoms with E-state index in [0.29, 0.717) is 37.4 Å². The van der Waals surface area contributed by atoms with Gasteiger partial charge in [0.25, 0.3) is 17.4 Å². The molecule has 2 amide bonds. The van der Waals surface area contributed by atoms with E-state index in [1.54, 1.807) is 35.6 Å². The number of thiazole rings is 1. The number of para-hydroxylation sites is 1. The highest BCUT2D eigenvalue weighted by Crippen LogP contribution is 2.36. The number of fused-ring (bicyclic) bond motifs is 2. The van der Waals surface area contributed by atoms with Crippen LogP contribution in [0.5, 0.6) is 0 Å². The third kappa shape index (κ3) is 3.86. The molecule has 7 nitrogen and oxygen atoms in total. The first-order valence-electron chi connectivity index (χ1n) is 11.9. The van der Waals surface area contributed by atoms with E-state index in [0.717, 1.165) is 15.7 Å². The summed E-state index contributed by atoms with van der Waals surface area (Å²) in [6, 6.07) is 23.4. The third-order valence-electron chi connectivity index (χ3n) is 6.72. The standard InChI is InChI=1S/C29H21BrN4O3S/c1-16-22(26(35)32-19-11-7-4-8-12-19)24(17-9-5-3-6-10-17)34-28(37)25(38-29(34)31-16)23-20-15-18(30)13-14-21(20)33(2)27(23)36/h3-15,24H,1-2H3,(H,32,35)/b25-23-/t24-/m0/s1. The van der Waals surface area contributed by atoms with Crippen LogP contribution < -0.4 is 25.1 Å². The Labute approximate surface area is 230 Å². The number of anilines is 2. The summed E-state index contributed by atoms with van der Waals surface area (Å²) in [5.74, 6) is -0.590. The molecule has 2 aliphatic heterocycles. The summed E-state index contributed by atoms with van der Waals surface area (Å²) in [6.07, 6.45) is 0. The number of benzene rings is 3. The molecular formula is C29H21BrN4O3S. The first-order chi connectivity index (χ1) is 18.3. The van der Waals surface area contributed by atoms with Crippen molar-refractivity contribution in [1.29, 1.82) is 0 Å². The van der Waals surface area contributed by atoms with E-state index < -0.39 is 6.04 Å². The van der Waals surface area contributed by atoms with Crippen LogP contribution in [-0.2, 0) is 9.59 Å². The molecule has 0 aliphatic carbocycles. The van der Waals surface area contributed by atoms with Crippen LogP contribution in [0.1, 0.15) is 24.1 Å². The SMILES string of the molecule is CC1=C(C(=O)Nc2ccccc2)[C@H](c2ccccc2)n2c(s/c(=C3\C(=O)N(C)c4ccc(Br)cc43)c2=O)=N1. The van der Waals surface area contributed by atoms with Crippen LogP contribution in [0.15, 0.2) is 104 Å². The number of halogens is 1. The number of rotatable bonds is 3. The first kappa shape index (κ1) is 24.3. The largest absolute Gasteiger partial charge is 0.322 e. The number of likely N-dealkylation sites (N-methyl/N-ethyl adjacent to an activating group) is 1. The maximum Gasteiger partial charge on any atom is 0.271 e. The van der Waals surface area contributed by atoms with Crippen LogP contribution in [0.2, 0.25) is 0 Å². The Balaban J connectivity index is 1.59. The predicted molar refractivity (Wildman–Crippen MR) is 152 cm³/mol.